The average molecular weight is 324 g/mol. The van der Waals surface area contributed by atoms with Gasteiger partial charge in [0.1, 0.15) is 0 Å². The van der Waals surface area contributed by atoms with Crippen LogP contribution in [-0.4, -0.2) is 26.7 Å². The number of nitrogens with zero attached hydrogens (tertiary/aromatic N) is 2. The summed E-state index contributed by atoms with van der Waals surface area (Å²) in [6, 6.07) is 5.22. The van der Waals surface area contributed by atoms with Crippen LogP contribution >= 0.6 is 15.9 Å². The molecule has 0 saturated carbocycles. The van der Waals surface area contributed by atoms with Gasteiger partial charge >= 0.3 is 5.97 Å². The van der Waals surface area contributed by atoms with Crippen molar-refractivity contribution in [3.8, 4) is 0 Å². The molecular weight excluding hydrogens is 310 g/mol. The molecule has 0 saturated heterocycles. The van der Waals surface area contributed by atoms with Crippen LogP contribution in [0.2, 0.25) is 0 Å². The second-order valence-corrected chi connectivity index (χ2v) is 5.25. The minimum Gasteiger partial charge on any atom is -0.478 e. The van der Waals surface area contributed by atoms with E-state index in [9.17, 15) is 4.79 Å². The number of nitrogens with one attached hydrogen (secondary N) is 1. The molecule has 1 aromatic carbocycles. The zero-order valence-electron chi connectivity index (χ0n) is 10.4. The van der Waals surface area contributed by atoms with Crippen molar-refractivity contribution in [2.75, 3.05) is 5.32 Å². The highest BCUT2D eigenvalue weighted by Crippen LogP contribution is 2.20. The van der Waals surface area contributed by atoms with Gasteiger partial charge in [-0.3, -0.25) is 0 Å². The second kappa shape index (κ2) is 5.88. The molecule has 6 heteroatoms. The Labute approximate surface area is 119 Å². The molecule has 2 aromatic rings. The largest absolute Gasteiger partial charge is 0.478 e. The summed E-state index contributed by atoms with van der Waals surface area (Å²) >= 11 is 3.31. The van der Waals surface area contributed by atoms with E-state index in [0.29, 0.717) is 0 Å². The van der Waals surface area contributed by atoms with Crippen molar-refractivity contribution < 1.29 is 9.90 Å². The van der Waals surface area contributed by atoms with Gasteiger partial charge in [-0.25, -0.2) is 9.78 Å². The van der Waals surface area contributed by atoms with E-state index >= 15 is 0 Å². The third-order valence-corrected chi connectivity index (χ3v) is 3.06. The highest BCUT2D eigenvalue weighted by molar-refractivity contribution is 9.10. The van der Waals surface area contributed by atoms with E-state index in [4.69, 9.17) is 5.11 Å². The topological polar surface area (TPSA) is 67.2 Å². The molecule has 1 heterocycles. The van der Waals surface area contributed by atoms with Crippen LogP contribution in [0.3, 0.4) is 0 Å². The number of carboxylic acid groups (broad SMARTS) is 1. The lowest BCUT2D eigenvalue weighted by Gasteiger charge is -2.16. The highest BCUT2D eigenvalue weighted by atomic mass is 79.9. The first-order valence-electron chi connectivity index (χ1n) is 5.81. The molecule has 1 unspecified atom stereocenters. The Morgan fingerprint density at radius 2 is 2.32 bits per heavy atom. The van der Waals surface area contributed by atoms with Crippen LogP contribution in [-0.2, 0) is 6.54 Å². The predicted octanol–water partition coefficient (Wildman–Crippen LogP) is 2.84. The normalized spacial score (nSPS) is 12.1. The van der Waals surface area contributed by atoms with Crippen molar-refractivity contribution in [1.29, 1.82) is 0 Å². The average Bonchev–Trinajstić information content (AvgIpc) is 2.80. The number of carboxylic acids is 1. The summed E-state index contributed by atoms with van der Waals surface area (Å²) in [4.78, 5) is 15.0. The third kappa shape index (κ3) is 3.82. The van der Waals surface area contributed by atoms with Crippen LogP contribution < -0.4 is 5.32 Å². The first kappa shape index (κ1) is 13.6. The van der Waals surface area contributed by atoms with E-state index in [1.165, 1.54) is 0 Å². The maximum Gasteiger partial charge on any atom is 0.335 e. The summed E-state index contributed by atoms with van der Waals surface area (Å²) in [6.45, 7) is 2.79. The third-order valence-electron chi connectivity index (χ3n) is 2.60. The summed E-state index contributed by atoms with van der Waals surface area (Å²) in [5.74, 6) is -0.938. The number of anilines is 1. The lowest BCUT2D eigenvalue weighted by Crippen LogP contribution is -2.21. The zero-order chi connectivity index (χ0) is 13.8. The van der Waals surface area contributed by atoms with Crippen LogP contribution in [0, 0.1) is 0 Å². The van der Waals surface area contributed by atoms with Gasteiger partial charge in [0.25, 0.3) is 0 Å². The Morgan fingerprint density at radius 1 is 1.53 bits per heavy atom. The molecule has 0 amide bonds. The number of aromatic nitrogens is 2. The van der Waals surface area contributed by atoms with Crippen LogP contribution in [0.5, 0.6) is 0 Å². The van der Waals surface area contributed by atoms with Gasteiger partial charge in [-0.15, -0.1) is 0 Å². The van der Waals surface area contributed by atoms with Crippen molar-refractivity contribution in [2.45, 2.75) is 19.5 Å². The molecule has 0 aliphatic rings. The minimum absolute atomic E-state index is 0.158. The van der Waals surface area contributed by atoms with Crippen LogP contribution in [0.4, 0.5) is 5.69 Å². The Kier molecular flexibility index (Phi) is 4.21. The number of hydrogen-bond acceptors (Lipinski definition) is 3. The van der Waals surface area contributed by atoms with Gasteiger partial charge in [-0.2, -0.15) is 0 Å². The Hall–Kier alpha value is -1.82. The standard InChI is InChI=1S/C13H14BrN3O2/c1-9(7-17-3-2-15-8-17)16-12-5-10(13(18)19)4-11(14)6-12/h2-6,8-9,16H,7H2,1H3,(H,18,19). The fourth-order valence-electron chi connectivity index (χ4n) is 1.84. The maximum atomic E-state index is 11.0. The summed E-state index contributed by atoms with van der Waals surface area (Å²) < 4.78 is 2.71. The molecule has 5 nitrogen and oxygen atoms in total. The van der Waals surface area contributed by atoms with E-state index in [1.54, 1.807) is 24.7 Å². The molecule has 2 N–H and O–H groups in total. The first-order valence-corrected chi connectivity index (χ1v) is 6.60. The van der Waals surface area contributed by atoms with E-state index in [2.05, 4.69) is 26.2 Å². The molecule has 0 spiro atoms. The van der Waals surface area contributed by atoms with Crippen molar-refractivity contribution >= 4 is 27.6 Å². The fourth-order valence-corrected chi connectivity index (χ4v) is 2.33. The molecular formula is C13H14BrN3O2. The summed E-state index contributed by atoms with van der Waals surface area (Å²) in [5, 5.41) is 12.3. The van der Waals surface area contributed by atoms with Gasteiger partial charge in [-0.1, -0.05) is 15.9 Å². The molecule has 19 heavy (non-hydrogen) atoms. The quantitative estimate of drug-likeness (QED) is 0.887. The lowest BCUT2D eigenvalue weighted by atomic mass is 10.2. The number of hydrogen-bond donors (Lipinski definition) is 2. The number of halogens is 1. The molecule has 1 atom stereocenters. The Morgan fingerprint density at radius 3 is 2.95 bits per heavy atom. The van der Waals surface area contributed by atoms with Gasteiger partial charge in [0, 0.05) is 35.1 Å². The summed E-state index contributed by atoms with van der Waals surface area (Å²) in [6.07, 6.45) is 5.37. The zero-order valence-corrected chi connectivity index (χ0v) is 12.0. The Balaban J connectivity index is 2.08. The lowest BCUT2D eigenvalue weighted by molar-refractivity contribution is 0.0697. The van der Waals surface area contributed by atoms with Crippen molar-refractivity contribution in [3.63, 3.8) is 0 Å². The maximum absolute atomic E-state index is 11.0. The van der Waals surface area contributed by atoms with Gasteiger partial charge in [-0.05, 0) is 25.1 Å². The smallest absolute Gasteiger partial charge is 0.335 e. The number of benzene rings is 1. The fraction of sp³-hybridized carbons (Fsp3) is 0.231. The van der Waals surface area contributed by atoms with Gasteiger partial charge in [0.2, 0.25) is 0 Å². The van der Waals surface area contributed by atoms with Gasteiger partial charge in [0.15, 0.2) is 0 Å². The van der Waals surface area contributed by atoms with Crippen LogP contribution in [0.15, 0.2) is 41.4 Å². The molecule has 0 bridgehead atoms. The van der Waals surface area contributed by atoms with Crippen LogP contribution in [0.25, 0.3) is 0 Å². The molecule has 2 rings (SSSR count). The second-order valence-electron chi connectivity index (χ2n) is 4.34. The van der Waals surface area contributed by atoms with Crippen molar-refractivity contribution in [3.05, 3.63) is 47.0 Å². The molecule has 100 valence electrons. The van der Waals surface area contributed by atoms with Gasteiger partial charge in [0.05, 0.1) is 11.9 Å². The minimum atomic E-state index is -0.938. The summed E-state index contributed by atoms with van der Waals surface area (Å²) in [7, 11) is 0. The molecule has 1 aromatic heterocycles. The van der Waals surface area contributed by atoms with Crippen molar-refractivity contribution in [2.24, 2.45) is 0 Å². The highest BCUT2D eigenvalue weighted by Gasteiger charge is 2.08. The van der Waals surface area contributed by atoms with Gasteiger partial charge < -0.3 is 15.0 Å². The molecule has 0 aliphatic carbocycles. The van der Waals surface area contributed by atoms with Crippen molar-refractivity contribution in [1.82, 2.24) is 9.55 Å². The predicted molar refractivity (Wildman–Crippen MR) is 76.4 cm³/mol. The number of carbonyl (C=O) groups is 1. The van der Waals surface area contributed by atoms with E-state index in [-0.39, 0.29) is 11.6 Å². The first-order chi connectivity index (χ1) is 9.04. The van der Waals surface area contributed by atoms with E-state index in [0.717, 1.165) is 16.7 Å². The number of imidazole rings is 1. The van der Waals surface area contributed by atoms with Crippen LogP contribution in [0.1, 0.15) is 17.3 Å². The van der Waals surface area contributed by atoms with E-state index < -0.39 is 5.97 Å². The molecule has 0 radical (unpaired) electrons. The Bertz CT molecular complexity index is 569. The summed E-state index contributed by atoms with van der Waals surface area (Å²) in [5.41, 5.74) is 1.03. The number of rotatable bonds is 5. The molecule has 0 fully saturated rings. The number of aromatic carboxylic acids is 1. The SMILES string of the molecule is CC(Cn1ccnc1)Nc1cc(Br)cc(C(=O)O)c1. The monoisotopic (exact) mass is 323 g/mol. The van der Waals surface area contributed by atoms with E-state index in [1.807, 2.05) is 23.8 Å². The molecule has 0 aliphatic heterocycles.